The molecule has 1 unspecified atom stereocenters. The zero-order valence-corrected chi connectivity index (χ0v) is 10.5. The van der Waals surface area contributed by atoms with E-state index in [0.717, 1.165) is 0 Å². The smallest absolute Gasteiger partial charge is 0.309 e. The van der Waals surface area contributed by atoms with E-state index in [-0.39, 0.29) is 23.6 Å². The summed E-state index contributed by atoms with van der Waals surface area (Å²) in [6.45, 7) is 1.31. The molecule has 5 heteroatoms. The molecule has 0 aromatic carbocycles. The molecule has 18 heavy (non-hydrogen) atoms. The normalized spacial score (nSPS) is 30.4. The average Bonchev–Trinajstić information content (AvgIpc) is 2.69. The third-order valence-electron chi connectivity index (χ3n) is 3.56. The largest absolute Gasteiger partial charge is 0.469 e. The van der Waals surface area contributed by atoms with Crippen LogP contribution in [0.3, 0.4) is 0 Å². The van der Waals surface area contributed by atoms with Crippen molar-refractivity contribution in [3.63, 3.8) is 0 Å². The first-order valence-corrected chi connectivity index (χ1v) is 6.03. The Morgan fingerprint density at radius 2 is 2.11 bits per heavy atom. The predicted molar refractivity (Wildman–Crippen MR) is 61.5 cm³/mol. The Morgan fingerprint density at radius 1 is 1.39 bits per heavy atom. The van der Waals surface area contributed by atoms with Gasteiger partial charge in [0.25, 0.3) is 0 Å². The molecule has 2 rings (SSSR count). The topological polar surface area (TPSA) is 69.7 Å². The van der Waals surface area contributed by atoms with Crippen LogP contribution in [0.15, 0.2) is 11.6 Å². The maximum Gasteiger partial charge on any atom is 0.309 e. The summed E-state index contributed by atoms with van der Waals surface area (Å²) in [5, 5.41) is 0. The molecule has 2 aliphatic carbocycles. The van der Waals surface area contributed by atoms with Gasteiger partial charge in [0, 0.05) is 25.7 Å². The molecule has 0 aromatic rings. The fourth-order valence-electron chi connectivity index (χ4n) is 2.82. The fraction of sp³-hybridized carbons (Fsp3) is 0.615. The number of allylic oxidation sites excluding steroid dienone is 1. The zero-order valence-electron chi connectivity index (χ0n) is 10.5. The van der Waals surface area contributed by atoms with Crippen LogP contribution >= 0.6 is 0 Å². The minimum Gasteiger partial charge on any atom is -0.469 e. The standard InChI is InChI=1S/C13H16O5/c1-7(14)18-8-5-10-9(3-4-12(10)15)11(6-8)13(16)17-2/h5,8-9,11H,3-4,6H2,1-2H3/t8-,9?,11-/m0/s1. The van der Waals surface area contributed by atoms with Crippen molar-refractivity contribution in [2.24, 2.45) is 11.8 Å². The van der Waals surface area contributed by atoms with Crippen molar-refractivity contribution < 1.29 is 23.9 Å². The molecule has 0 radical (unpaired) electrons. The van der Waals surface area contributed by atoms with Gasteiger partial charge < -0.3 is 9.47 Å². The van der Waals surface area contributed by atoms with E-state index >= 15 is 0 Å². The summed E-state index contributed by atoms with van der Waals surface area (Å²) in [7, 11) is 1.33. The first-order chi connectivity index (χ1) is 8.52. The number of rotatable bonds is 2. The van der Waals surface area contributed by atoms with Crippen molar-refractivity contribution in [1.29, 1.82) is 0 Å². The van der Waals surface area contributed by atoms with Gasteiger partial charge in [0.2, 0.25) is 0 Å². The quantitative estimate of drug-likeness (QED) is 0.686. The number of methoxy groups -OCH3 is 1. The zero-order chi connectivity index (χ0) is 13.3. The number of carbonyl (C=O) groups is 3. The number of ether oxygens (including phenoxy) is 2. The van der Waals surface area contributed by atoms with Crippen LogP contribution in [-0.2, 0) is 23.9 Å². The third-order valence-corrected chi connectivity index (χ3v) is 3.56. The van der Waals surface area contributed by atoms with Gasteiger partial charge >= 0.3 is 11.9 Å². The average molecular weight is 252 g/mol. The van der Waals surface area contributed by atoms with Crippen LogP contribution in [0.5, 0.6) is 0 Å². The molecule has 1 fully saturated rings. The molecule has 3 atom stereocenters. The summed E-state index contributed by atoms with van der Waals surface area (Å²) in [5.41, 5.74) is 0.628. The minimum absolute atomic E-state index is 0.0470. The van der Waals surface area contributed by atoms with E-state index in [9.17, 15) is 14.4 Å². The van der Waals surface area contributed by atoms with Crippen molar-refractivity contribution in [3.05, 3.63) is 11.6 Å². The summed E-state index contributed by atoms with van der Waals surface area (Å²) in [5.74, 6) is -1.16. The predicted octanol–water partition coefficient (Wildman–Crippen LogP) is 1.02. The van der Waals surface area contributed by atoms with E-state index < -0.39 is 12.1 Å². The molecule has 5 nitrogen and oxygen atoms in total. The lowest BCUT2D eigenvalue weighted by atomic mass is 9.78. The molecule has 0 aromatic heterocycles. The van der Waals surface area contributed by atoms with Crippen LogP contribution in [0.1, 0.15) is 26.2 Å². The summed E-state index contributed by atoms with van der Waals surface area (Å²) in [4.78, 5) is 34.5. The van der Waals surface area contributed by atoms with Crippen molar-refractivity contribution in [2.75, 3.05) is 7.11 Å². The number of hydrogen-bond donors (Lipinski definition) is 0. The number of esters is 2. The van der Waals surface area contributed by atoms with Crippen molar-refractivity contribution in [3.8, 4) is 0 Å². The van der Waals surface area contributed by atoms with Crippen molar-refractivity contribution in [2.45, 2.75) is 32.3 Å². The van der Waals surface area contributed by atoms with Crippen molar-refractivity contribution in [1.82, 2.24) is 0 Å². The van der Waals surface area contributed by atoms with Crippen LogP contribution in [0.4, 0.5) is 0 Å². The molecule has 0 bridgehead atoms. The van der Waals surface area contributed by atoms with Gasteiger partial charge in [-0.3, -0.25) is 14.4 Å². The monoisotopic (exact) mass is 252 g/mol. The Labute approximate surface area is 105 Å². The summed E-state index contributed by atoms with van der Waals surface area (Å²) in [6, 6.07) is 0. The molecular weight excluding hydrogens is 236 g/mol. The van der Waals surface area contributed by atoms with Gasteiger partial charge in [0.15, 0.2) is 5.78 Å². The second-order valence-corrected chi connectivity index (χ2v) is 4.70. The lowest BCUT2D eigenvalue weighted by Crippen LogP contribution is -2.34. The lowest BCUT2D eigenvalue weighted by molar-refractivity contribution is -0.153. The minimum atomic E-state index is -0.500. The lowest BCUT2D eigenvalue weighted by Gasteiger charge is -2.29. The van der Waals surface area contributed by atoms with Gasteiger partial charge in [0.05, 0.1) is 13.0 Å². The highest BCUT2D eigenvalue weighted by atomic mass is 16.5. The molecular formula is C13H16O5. The van der Waals surface area contributed by atoms with Crippen LogP contribution < -0.4 is 0 Å². The van der Waals surface area contributed by atoms with Crippen LogP contribution in [0.2, 0.25) is 0 Å². The summed E-state index contributed by atoms with van der Waals surface area (Å²) in [6.07, 6.45) is 2.72. The maximum atomic E-state index is 11.7. The van der Waals surface area contributed by atoms with Crippen LogP contribution in [-0.4, -0.2) is 30.9 Å². The van der Waals surface area contributed by atoms with Crippen molar-refractivity contribution >= 4 is 17.7 Å². The second kappa shape index (κ2) is 4.92. The highest BCUT2D eigenvalue weighted by Crippen LogP contribution is 2.41. The first kappa shape index (κ1) is 12.8. The van der Waals surface area contributed by atoms with E-state index in [1.807, 2.05) is 0 Å². The van der Waals surface area contributed by atoms with E-state index in [4.69, 9.17) is 9.47 Å². The Balaban J connectivity index is 2.25. The molecule has 0 heterocycles. The molecule has 2 aliphatic rings. The Bertz CT molecular complexity index is 423. The van der Waals surface area contributed by atoms with Crippen LogP contribution in [0.25, 0.3) is 0 Å². The SMILES string of the molecule is COC(=O)[C@H]1C[C@@H](OC(C)=O)C=C2C(=O)CCC21. The second-order valence-electron chi connectivity index (χ2n) is 4.70. The number of ketones is 1. The summed E-state index contributed by atoms with van der Waals surface area (Å²) >= 11 is 0. The van der Waals surface area contributed by atoms with E-state index in [0.29, 0.717) is 24.8 Å². The van der Waals surface area contributed by atoms with Gasteiger partial charge in [0.1, 0.15) is 6.10 Å². The highest BCUT2D eigenvalue weighted by molar-refractivity contribution is 5.99. The molecule has 0 N–H and O–H groups in total. The van der Waals surface area contributed by atoms with Gasteiger partial charge in [-0.15, -0.1) is 0 Å². The molecule has 0 saturated heterocycles. The molecule has 1 saturated carbocycles. The highest BCUT2D eigenvalue weighted by Gasteiger charge is 2.43. The summed E-state index contributed by atoms with van der Waals surface area (Å²) < 4.78 is 9.87. The number of hydrogen-bond acceptors (Lipinski definition) is 5. The number of fused-ring (bicyclic) bond motifs is 1. The van der Waals surface area contributed by atoms with E-state index in [2.05, 4.69) is 0 Å². The van der Waals surface area contributed by atoms with Gasteiger partial charge in [-0.25, -0.2) is 0 Å². The fourth-order valence-corrected chi connectivity index (χ4v) is 2.82. The van der Waals surface area contributed by atoms with E-state index in [1.54, 1.807) is 6.08 Å². The first-order valence-electron chi connectivity index (χ1n) is 6.03. The Morgan fingerprint density at radius 3 is 2.72 bits per heavy atom. The molecule has 0 aliphatic heterocycles. The Hall–Kier alpha value is -1.65. The van der Waals surface area contributed by atoms with Gasteiger partial charge in [-0.1, -0.05) is 0 Å². The maximum absolute atomic E-state index is 11.7. The number of carbonyl (C=O) groups excluding carboxylic acids is 3. The van der Waals surface area contributed by atoms with Gasteiger partial charge in [-0.2, -0.15) is 0 Å². The Kier molecular flexibility index (Phi) is 3.50. The molecule has 0 amide bonds. The number of Topliss-reactive ketones (excluding diaryl/α,β-unsaturated/α-hetero) is 1. The third kappa shape index (κ3) is 2.30. The van der Waals surface area contributed by atoms with Crippen LogP contribution in [0, 0.1) is 11.8 Å². The van der Waals surface area contributed by atoms with E-state index in [1.165, 1.54) is 14.0 Å². The molecule has 98 valence electrons. The van der Waals surface area contributed by atoms with Gasteiger partial charge in [-0.05, 0) is 18.1 Å². The molecule has 0 spiro atoms.